The Balaban J connectivity index is 2.39. The summed E-state index contributed by atoms with van der Waals surface area (Å²) in [6.07, 6.45) is 3.14. The van der Waals surface area contributed by atoms with Crippen molar-refractivity contribution in [3.63, 3.8) is 0 Å². The molecule has 0 aliphatic carbocycles. The number of hydrogen-bond donors (Lipinski definition) is 0. The average Bonchev–Trinajstić information content (AvgIpc) is 2.87. The summed E-state index contributed by atoms with van der Waals surface area (Å²) in [5.74, 6) is 0.242. The van der Waals surface area contributed by atoms with Gasteiger partial charge in [-0.2, -0.15) is 5.10 Å². The maximum Gasteiger partial charge on any atom is 0.234 e. The zero-order valence-electron chi connectivity index (χ0n) is 12.2. The van der Waals surface area contributed by atoms with Gasteiger partial charge in [-0.25, -0.2) is 0 Å². The Morgan fingerprint density at radius 2 is 2.24 bits per heavy atom. The Bertz CT molecular complexity index is 640. The molecule has 21 heavy (non-hydrogen) atoms. The van der Waals surface area contributed by atoms with E-state index in [0.717, 1.165) is 6.54 Å². The second-order valence-electron chi connectivity index (χ2n) is 4.75. The maximum absolute atomic E-state index is 12.7. The highest BCUT2D eigenvalue weighted by Gasteiger charge is 2.23. The number of nitrogens with zero attached hydrogens (tertiary/aromatic N) is 4. The molecule has 7 heteroatoms. The van der Waals surface area contributed by atoms with E-state index in [1.54, 1.807) is 29.2 Å². The highest BCUT2D eigenvalue weighted by atomic mass is 79.9. The van der Waals surface area contributed by atoms with Crippen molar-refractivity contribution < 1.29 is 9.53 Å². The highest BCUT2D eigenvalue weighted by molar-refractivity contribution is 9.10. The lowest BCUT2D eigenvalue weighted by molar-refractivity contribution is 0.102. The monoisotopic (exact) mass is 352 g/mol. The molecule has 6 nitrogen and oxygen atoms in total. The van der Waals surface area contributed by atoms with Gasteiger partial charge in [0.05, 0.1) is 19.9 Å². The van der Waals surface area contributed by atoms with Crippen LogP contribution >= 0.6 is 15.9 Å². The van der Waals surface area contributed by atoms with Crippen LogP contribution in [0.5, 0.6) is 5.75 Å². The predicted molar refractivity (Wildman–Crippen MR) is 82.7 cm³/mol. The van der Waals surface area contributed by atoms with Crippen LogP contribution in [0.25, 0.3) is 0 Å². The van der Waals surface area contributed by atoms with E-state index in [1.807, 2.05) is 19.0 Å². The number of hydrogen-bond acceptors (Lipinski definition) is 5. The molecule has 0 atom stereocenters. The Labute approximate surface area is 131 Å². The van der Waals surface area contributed by atoms with Gasteiger partial charge in [-0.3, -0.25) is 14.5 Å². The Kier molecular flexibility index (Phi) is 5.08. The number of rotatable bonds is 6. The smallest absolute Gasteiger partial charge is 0.234 e. The number of pyridine rings is 1. The van der Waals surface area contributed by atoms with E-state index in [9.17, 15) is 4.79 Å². The van der Waals surface area contributed by atoms with Gasteiger partial charge in [-0.1, -0.05) is 0 Å². The number of aromatic nitrogens is 3. The third kappa shape index (κ3) is 3.48. The number of ketones is 1. The number of carbonyl (C=O) groups is 1. The quantitative estimate of drug-likeness (QED) is 0.742. The minimum atomic E-state index is -0.212. The van der Waals surface area contributed by atoms with Crippen LogP contribution in [0.3, 0.4) is 0 Å². The molecule has 0 saturated heterocycles. The van der Waals surface area contributed by atoms with Gasteiger partial charge >= 0.3 is 0 Å². The van der Waals surface area contributed by atoms with Gasteiger partial charge in [0.15, 0.2) is 11.4 Å². The summed E-state index contributed by atoms with van der Waals surface area (Å²) in [6, 6.07) is 3.55. The average molecular weight is 353 g/mol. The van der Waals surface area contributed by atoms with E-state index in [-0.39, 0.29) is 5.78 Å². The lowest BCUT2D eigenvalue weighted by atomic mass is 10.2. The summed E-state index contributed by atoms with van der Waals surface area (Å²) in [6.45, 7) is 1.37. The molecule has 0 amide bonds. The molecule has 0 aliphatic heterocycles. The number of ether oxygens (including phenoxy) is 1. The standard InChI is InChI=1S/C14H17BrN4O2/c1-18(2)7-8-19-13(11(21-3)9-17-19)14(20)12-10(15)5-4-6-16-12/h4-6,9H,7-8H2,1-3H3. The molecule has 0 aromatic carbocycles. The zero-order chi connectivity index (χ0) is 15.4. The van der Waals surface area contributed by atoms with Crippen molar-refractivity contribution in [1.29, 1.82) is 0 Å². The van der Waals surface area contributed by atoms with Crippen LogP contribution < -0.4 is 4.74 Å². The van der Waals surface area contributed by atoms with Gasteiger partial charge in [0.25, 0.3) is 0 Å². The van der Waals surface area contributed by atoms with Crippen molar-refractivity contribution >= 4 is 21.7 Å². The van der Waals surface area contributed by atoms with Gasteiger partial charge in [-0.05, 0) is 42.2 Å². The van der Waals surface area contributed by atoms with Crippen LogP contribution in [0.15, 0.2) is 29.0 Å². The molecule has 2 aromatic heterocycles. The normalized spacial score (nSPS) is 10.9. The Morgan fingerprint density at radius 1 is 1.48 bits per heavy atom. The van der Waals surface area contributed by atoms with Crippen molar-refractivity contribution in [2.75, 3.05) is 27.7 Å². The van der Waals surface area contributed by atoms with Crippen molar-refractivity contribution in [3.05, 3.63) is 40.4 Å². The highest BCUT2D eigenvalue weighted by Crippen LogP contribution is 2.24. The molecule has 2 rings (SSSR count). The van der Waals surface area contributed by atoms with Gasteiger partial charge in [0.2, 0.25) is 5.78 Å². The SMILES string of the molecule is COc1cnn(CCN(C)C)c1C(=O)c1ncccc1Br. The van der Waals surface area contributed by atoms with E-state index in [4.69, 9.17) is 4.74 Å². The van der Waals surface area contributed by atoms with Crippen LogP contribution in [0.2, 0.25) is 0 Å². The first-order chi connectivity index (χ1) is 10.0. The second kappa shape index (κ2) is 6.82. The second-order valence-corrected chi connectivity index (χ2v) is 5.61. The Morgan fingerprint density at radius 3 is 2.86 bits per heavy atom. The van der Waals surface area contributed by atoms with E-state index in [2.05, 4.69) is 26.0 Å². The lowest BCUT2D eigenvalue weighted by Crippen LogP contribution is -2.22. The summed E-state index contributed by atoms with van der Waals surface area (Å²) in [7, 11) is 5.46. The largest absolute Gasteiger partial charge is 0.493 e. The molecule has 0 saturated carbocycles. The minimum Gasteiger partial charge on any atom is -0.493 e. The molecule has 2 aromatic rings. The number of methoxy groups -OCH3 is 1. The predicted octanol–water partition coefficient (Wildman–Crippen LogP) is 1.84. The van der Waals surface area contributed by atoms with Crippen LogP contribution in [-0.4, -0.2) is 53.2 Å². The third-order valence-corrected chi connectivity index (χ3v) is 3.61. The topological polar surface area (TPSA) is 60.2 Å². The molecule has 112 valence electrons. The molecule has 0 N–H and O–H groups in total. The van der Waals surface area contributed by atoms with Crippen molar-refractivity contribution in [1.82, 2.24) is 19.7 Å². The molecule has 0 fully saturated rings. The van der Waals surface area contributed by atoms with Gasteiger partial charge in [0, 0.05) is 17.2 Å². The summed E-state index contributed by atoms with van der Waals surface area (Å²) in [5.41, 5.74) is 0.765. The minimum absolute atomic E-state index is 0.212. The molecule has 0 radical (unpaired) electrons. The van der Waals surface area contributed by atoms with Crippen LogP contribution in [-0.2, 0) is 6.54 Å². The number of likely N-dealkylation sites (N-methyl/N-ethyl adjacent to an activating group) is 1. The molecule has 0 aliphatic rings. The summed E-state index contributed by atoms with van der Waals surface area (Å²) < 4.78 is 7.56. The molecular weight excluding hydrogens is 336 g/mol. The van der Waals surface area contributed by atoms with Gasteiger partial charge < -0.3 is 9.64 Å². The molecule has 0 spiro atoms. The zero-order valence-corrected chi connectivity index (χ0v) is 13.8. The fraction of sp³-hybridized carbons (Fsp3) is 0.357. The van der Waals surface area contributed by atoms with Crippen LogP contribution in [0.4, 0.5) is 0 Å². The third-order valence-electron chi connectivity index (χ3n) is 2.97. The number of carbonyl (C=O) groups excluding carboxylic acids is 1. The van der Waals surface area contributed by atoms with Gasteiger partial charge in [-0.15, -0.1) is 0 Å². The Hall–Kier alpha value is -1.73. The van der Waals surface area contributed by atoms with Gasteiger partial charge in [0.1, 0.15) is 5.69 Å². The first-order valence-electron chi connectivity index (χ1n) is 6.44. The number of halogens is 1. The van der Waals surface area contributed by atoms with Crippen molar-refractivity contribution in [3.8, 4) is 5.75 Å². The molecule has 2 heterocycles. The fourth-order valence-corrected chi connectivity index (χ4v) is 2.31. The van der Waals surface area contributed by atoms with E-state index in [1.165, 1.54) is 7.11 Å². The van der Waals surface area contributed by atoms with E-state index < -0.39 is 0 Å². The van der Waals surface area contributed by atoms with Crippen molar-refractivity contribution in [2.45, 2.75) is 6.54 Å². The summed E-state index contributed by atoms with van der Waals surface area (Å²) in [5, 5.41) is 4.24. The van der Waals surface area contributed by atoms with Crippen LogP contribution in [0, 0.1) is 0 Å². The lowest BCUT2D eigenvalue weighted by Gasteiger charge is -2.12. The molecular formula is C14H17BrN4O2. The first kappa shape index (κ1) is 15.7. The molecule has 0 unspecified atom stereocenters. The van der Waals surface area contributed by atoms with E-state index >= 15 is 0 Å². The summed E-state index contributed by atoms with van der Waals surface area (Å²) in [4.78, 5) is 18.9. The molecule has 0 bridgehead atoms. The van der Waals surface area contributed by atoms with Crippen LogP contribution in [0.1, 0.15) is 16.2 Å². The summed E-state index contributed by atoms with van der Waals surface area (Å²) >= 11 is 3.35. The van der Waals surface area contributed by atoms with Crippen molar-refractivity contribution in [2.24, 2.45) is 0 Å². The van der Waals surface area contributed by atoms with E-state index in [0.29, 0.717) is 28.2 Å². The maximum atomic E-state index is 12.7. The fourth-order valence-electron chi connectivity index (χ4n) is 1.88. The first-order valence-corrected chi connectivity index (χ1v) is 7.23.